The number of sulfonamides is 1. The summed E-state index contributed by atoms with van der Waals surface area (Å²) in [5.41, 5.74) is 1.54. The molecule has 0 aliphatic carbocycles. The lowest BCUT2D eigenvalue weighted by atomic mass is 10.2. The molecule has 1 N–H and O–H groups in total. The van der Waals surface area contributed by atoms with Crippen LogP contribution in [0.1, 0.15) is 24.5 Å². The highest BCUT2D eigenvalue weighted by atomic mass is 32.2. The summed E-state index contributed by atoms with van der Waals surface area (Å²) in [6.45, 7) is 3.62. The van der Waals surface area contributed by atoms with Crippen LogP contribution < -0.4 is 10.1 Å². The van der Waals surface area contributed by atoms with E-state index in [1.54, 1.807) is 25.1 Å². The molecule has 0 bridgehead atoms. The summed E-state index contributed by atoms with van der Waals surface area (Å²) < 4.78 is 33.2. The van der Waals surface area contributed by atoms with Gasteiger partial charge in [-0.05, 0) is 43.2 Å². The van der Waals surface area contributed by atoms with Crippen molar-refractivity contribution >= 4 is 21.6 Å². The number of anilines is 1. The molecule has 28 heavy (non-hydrogen) atoms. The topological polar surface area (TPSA) is 112 Å². The number of ether oxygens (including phenoxy) is 1. The van der Waals surface area contributed by atoms with Crippen LogP contribution in [-0.4, -0.2) is 42.8 Å². The van der Waals surface area contributed by atoms with Crippen molar-refractivity contribution in [3.05, 3.63) is 47.7 Å². The quantitative estimate of drug-likeness (QED) is 0.822. The number of amides is 1. The number of nitriles is 1. The number of aromatic nitrogens is 1. The Morgan fingerprint density at radius 2 is 2.14 bits per heavy atom. The summed E-state index contributed by atoms with van der Waals surface area (Å²) in [5, 5.41) is 11.6. The van der Waals surface area contributed by atoms with Gasteiger partial charge in [-0.15, -0.1) is 0 Å². The van der Waals surface area contributed by atoms with Crippen molar-refractivity contribution in [1.82, 2.24) is 9.29 Å². The van der Waals surface area contributed by atoms with Gasteiger partial charge in [0.05, 0.1) is 23.1 Å². The van der Waals surface area contributed by atoms with Crippen molar-refractivity contribution in [2.45, 2.75) is 31.3 Å². The molecule has 2 aromatic rings. The Kier molecular flexibility index (Phi) is 5.63. The van der Waals surface area contributed by atoms with E-state index in [4.69, 9.17) is 10.00 Å². The Labute approximate surface area is 163 Å². The first-order valence-corrected chi connectivity index (χ1v) is 10.1. The molecule has 0 radical (unpaired) electrons. The number of nitrogens with one attached hydrogen (secondary N) is 1. The molecule has 1 atom stereocenters. The molecular weight excluding hydrogens is 380 g/mol. The standard InChI is InChI=1S/C19H20N4O4S/c1-13-9-16(22-14(2)24)3-4-18(13)28(25,26)23-8-6-17(12-23)27-19-10-15(11-20)5-7-21-19/h3-5,7,9-10,17H,6,8,12H2,1-2H3,(H,22,24). The smallest absolute Gasteiger partial charge is 0.243 e. The summed E-state index contributed by atoms with van der Waals surface area (Å²) in [4.78, 5) is 15.4. The van der Waals surface area contributed by atoms with Crippen LogP contribution in [-0.2, 0) is 14.8 Å². The van der Waals surface area contributed by atoms with Crippen LogP contribution in [0, 0.1) is 18.3 Å². The highest BCUT2D eigenvalue weighted by Crippen LogP contribution is 2.27. The molecule has 0 spiro atoms. The molecule has 1 unspecified atom stereocenters. The van der Waals surface area contributed by atoms with Gasteiger partial charge < -0.3 is 10.1 Å². The number of rotatable bonds is 5. The average molecular weight is 400 g/mol. The van der Waals surface area contributed by atoms with Gasteiger partial charge in [0.2, 0.25) is 21.8 Å². The molecule has 1 saturated heterocycles. The normalized spacial score (nSPS) is 17.1. The third-order valence-corrected chi connectivity index (χ3v) is 6.40. The summed E-state index contributed by atoms with van der Waals surface area (Å²) in [6.07, 6.45) is 1.67. The van der Waals surface area contributed by atoms with E-state index in [1.165, 1.54) is 29.6 Å². The first-order chi connectivity index (χ1) is 13.3. The van der Waals surface area contributed by atoms with E-state index >= 15 is 0 Å². The van der Waals surface area contributed by atoms with E-state index in [2.05, 4.69) is 10.3 Å². The summed E-state index contributed by atoms with van der Waals surface area (Å²) in [7, 11) is -3.68. The van der Waals surface area contributed by atoms with E-state index in [0.29, 0.717) is 35.7 Å². The lowest BCUT2D eigenvalue weighted by molar-refractivity contribution is -0.114. The molecule has 1 amide bonds. The first kappa shape index (κ1) is 19.8. The molecule has 3 rings (SSSR count). The number of benzene rings is 1. The van der Waals surface area contributed by atoms with Gasteiger partial charge in [-0.3, -0.25) is 4.79 Å². The number of carbonyl (C=O) groups excluding carboxylic acids is 1. The minimum atomic E-state index is -3.68. The highest BCUT2D eigenvalue weighted by Gasteiger charge is 2.34. The number of nitrogens with zero attached hydrogens (tertiary/aromatic N) is 3. The first-order valence-electron chi connectivity index (χ1n) is 8.71. The maximum atomic E-state index is 13.0. The zero-order valence-electron chi connectivity index (χ0n) is 15.5. The number of hydrogen-bond donors (Lipinski definition) is 1. The zero-order valence-corrected chi connectivity index (χ0v) is 16.4. The summed E-state index contributed by atoms with van der Waals surface area (Å²) >= 11 is 0. The Hall–Kier alpha value is -2.96. The van der Waals surface area contributed by atoms with Crippen LogP contribution in [0.3, 0.4) is 0 Å². The third kappa shape index (κ3) is 4.30. The monoisotopic (exact) mass is 400 g/mol. The summed E-state index contributed by atoms with van der Waals surface area (Å²) in [6, 6.07) is 9.83. The molecular formula is C19H20N4O4S. The van der Waals surface area contributed by atoms with Crippen molar-refractivity contribution in [2.24, 2.45) is 0 Å². The Bertz CT molecular complexity index is 1050. The largest absolute Gasteiger partial charge is 0.473 e. The molecule has 1 aliphatic heterocycles. The van der Waals surface area contributed by atoms with Crippen molar-refractivity contribution < 1.29 is 17.9 Å². The molecule has 0 saturated carbocycles. The predicted molar refractivity (Wildman–Crippen MR) is 102 cm³/mol. The minimum Gasteiger partial charge on any atom is -0.473 e. The maximum Gasteiger partial charge on any atom is 0.243 e. The van der Waals surface area contributed by atoms with Gasteiger partial charge >= 0.3 is 0 Å². The van der Waals surface area contributed by atoms with Crippen molar-refractivity contribution in [1.29, 1.82) is 5.26 Å². The molecule has 146 valence electrons. The maximum absolute atomic E-state index is 13.0. The molecule has 2 heterocycles. The third-order valence-electron chi connectivity index (χ3n) is 4.37. The van der Waals surface area contributed by atoms with Crippen LogP contribution in [0.4, 0.5) is 5.69 Å². The van der Waals surface area contributed by atoms with Gasteiger partial charge in [0.25, 0.3) is 0 Å². The molecule has 9 heteroatoms. The second-order valence-electron chi connectivity index (χ2n) is 6.55. The second-order valence-corrected chi connectivity index (χ2v) is 8.45. The van der Waals surface area contributed by atoms with Gasteiger partial charge in [0, 0.05) is 31.4 Å². The van der Waals surface area contributed by atoms with Crippen LogP contribution >= 0.6 is 0 Å². The van der Waals surface area contributed by atoms with Crippen LogP contribution in [0.2, 0.25) is 0 Å². The van der Waals surface area contributed by atoms with Gasteiger partial charge in [0.1, 0.15) is 6.10 Å². The van der Waals surface area contributed by atoms with Crippen molar-refractivity contribution in [3.8, 4) is 11.9 Å². The van der Waals surface area contributed by atoms with Gasteiger partial charge in [-0.1, -0.05) is 0 Å². The van der Waals surface area contributed by atoms with Gasteiger partial charge in [-0.25, -0.2) is 13.4 Å². The molecule has 1 aromatic carbocycles. The Morgan fingerprint density at radius 1 is 1.36 bits per heavy atom. The lowest BCUT2D eigenvalue weighted by Crippen LogP contribution is -2.31. The van der Waals surface area contributed by atoms with E-state index in [1.807, 2.05) is 6.07 Å². The number of pyridine rings is 1. The minimum absolute atomic E-state index is 0.201. The van der Waals surface area contributed by atoms with Crippen LogP contribution in [0.5, 0.6) is 5.88 Å². The number of carbonyl (C=O) groups is 1. The second kappa shape index (κ2) is 7.96. The molecule has 1 aliphatic rings. The average Bonchev–Trinajstić information content (AvgIpc) is 3.10. The van der Waals surface area contributed by atoms with Crippen LogP contribution in [0.25, 0.3) is 0 Å². The van der Waals surface area contributed by atoms with E-state index in [0.717, 1.165) is 0 Å². The zero-order chi connectivity index (χ0) is 20.3. The lowest BCUT2D eigenvalue weighted by Gasteiger charge is -2.19. The summed E-state index contributed by atoms with van der Waals surface area (Å²) in [5.74, 6) is 0.0859. The Morgan fingerprint density at radius 3 is 2.82 bits per heavy atom. The predicted octanol–water partition coefficient (Wildman–Crippen LogP) is 2.06. The number of aryl methyl sites for hydroxylation is 1. The van der Waals surface area contributed by atoms with E-state index < -0.39 is 10.0 Å². The fourth-order valence-corrected chi connectivity index (χ4v) is 4.78. The van der Waals surface area contributed by atoms with Crippen LogP contribution in [0.15, 0.2) is 41.4 Å². The van der Waals surface area contributed by atoms with E-state index in [-0.39, 0.29) is 23.5 Å². The SMILES string of the molecule is CC(=O)Nc1ccc(S(=O)(=O)N2CCC(Oc3cc(C#N)ccn3)C2)c(C)c1. The fraction of sp³-hybridized carbons (Fsp3) is 0.316. The van der Waals surface area contributed by atoms with Crippen molar-refractivity contribution in [2.75, 3.05) is 18.4 Å². The van der Waals surface area contributed by atoms with E-state index in [9.17, 15) is 13.2 Å². The molecule has 1 fully saturated rings. The van der Waals surface area contributed by atoms with Gasteiger partial charge in [0.15, 0.2) is 0 Å². The molecule has 8 nitrogen and oxygen atoms in total. The van der Waals surface area contributed by atoms with Crippen molar-refractivity contribution in [3.63, 3.8) is 0 Å². The molecule has 1 aromatic heterocycles. The highest BCUT2D eigenvalue weighted by molar-refractivity contribution is 7.89. The number of hydrogen-bond acceptors (Lipinski definition) is 6. The fourth-order valence-electron chi connectivity index (χ4n) is 3.09. The van der Waals surface area contributed by atoms with Gasteiger partial charge in [-0.2, -0.15) is 9.57 Å². The Balaban J connectivity index is 1.73.